The number of non-ortho nitro benzene ring substituents is 1. The maximum absolute atomic E-state index is 12.1. The minimum atomic E-state index is -0.997. The number of para-hydroxylation sites is 1. The molecule has 3 rings (SSSR count). The third kappa shape index (κ3) is 4.63. The van der Waals surface area contributed by atoms with E-state index in [0.717, 1.165) is 10.6 Å². The molecular formula is C18H17N3O5S. The molecular weight excluding hydrogens is 370 g/mol. The van der Waals surface area contributed by atoms with E-state index in [1.54, 1.807) is 6.07 Å². The third-order valence-electron chi connectivity index (χ3n) is 4.06. The number of nitro benzene ring substituents is 1. The second-order valence-electron chi connectivity index (χ2n) is 5.96. The van der Waals surface area contributed by atoms with Crippen molar-refractivity contribution in [2.45, 2.75) is 22.7 Å². The molecule has 0 fully saturated rings. The first-order valence-electron chi connectivity index (χ1n) is 8.19. The summed E-state index contributed by atoms with van der Waals surface area (Å²) in [5, 5.41) is 25.6. The summed E-state index contributed by atoms with van der Waals surface area (Å²) in [7, 11) is 0. The van der Waals surface area contributed by atoms with Gasteiger partial charge in [-0.2, -0.15) is 0 Å². The lowest BCUT2D eigenvalue weighted by Gasteiger charge is -2.23. The van der Waals surface area contributed by atoms with Gasteiger partial charge in [0.05, 0.1) is 22.0 Å². The number of rotatable bonds is 6. The van der Waals surface area contributed by atoms with Gasteiger partial charge in [-0.05, 0) is 29.8 Å². The van der Waals surface area contributed by atoms with Gasteiger partial charge in [0, 0.05) is 30.0 Å². The maximum atomic E-state index is 12.1. The molecule has 140 valence electrons. The van der Waals surface area contributed by atoms with Crippen molar-refractivity contribution in [3.05, 3.63) is 64.2 Å². The first kappa shape index (κ1) is 18.9. The number of thioether (sulfide) groups is 1. The van der Waals surface area contributed by atoms with Gasteiger partial charge in [-0.1, -0.05) is 12.1 Å². The predicted molar refractivity (Wildman–Crippen MR) is 100 cm³/mol. The highest BCUT2D eigenvalue weighted by Gasteiger charge is 2.28. The van der Waals surface area contributed by atoms with Gasteiger partial charge in [-0.3, -0.25) is 19.7 Å². The number of hydrogen-bond donors (Lipinski definition) is 3. The van der Waals surface area contributed by atoms with Crippen molar-refractivity contribution >= 4 is 35.0 Å². The Labute approximate surface area is 159 Å². The number of aliphatic hydroxyl groups is 1. The molecule has 0 saturated carbocycles. The summed E-state index contributed by atoms with van der Waals surface area (Å²) in [4.78, 5) is 35.3. The van der Waals surface area contributed by atoms with Crippen molar-refractivity contribution in [1.29, 1.82) is 0 Å². The van der Waals surface area contributed by atoms with E-state index >= 15 is 0 Å². The van der Waals surface area contributed by atoms with Crippen LogP contribution < -0.4 is 10.6 Å². The molecule has 2 amide bonds. The highest BCUT2D eigenvalue weighted by atomic mass is 32.2. The van der Waals surface area contributed by atoms with E-state index in [0.29, 0.717) is 5.56 Å². The number of aliphatic hydroxyl groups excluding tert-OH is 1. The monoisotopic (exact) mass is 387 g/mol. The molecule has 0 spiro atoms. The van der Waals surface area contributed by atoms with Crippen LogP contribution in [0.25, 0.3) is 0 Å². The molecule has 27 heavy (non-hydrogen) atoms. The van der Waals surface area contributed by atoms with Crippen LogP contribution in [0, 0.1) is 10.1 Å². The van der Waals surface area contributed by atoms with Crippen molar-refractivity contribution in [2.75, 3.05) is 11.9 Å². The van der Waals surface area contributed by atoms with Gasteiger partial charge in [0.2, 0.25) is 11.8 Å². The number of nitro groups is 1. The Hall–Kier alpha value is -2.91. The smallest absolute Gasteiger partial charge is 0.269 e. The van der Waals surface area contributed by atoms with E-state index < -0.39 is 16.3 Å². The second kappa shape index (κ2) is 8.19. The molecule has 8 nitrogen and oxygen atoms in total. The SMILES string of the molecule is O=C(C[C@@H]1Sc2ccccc2NC1=O)NC[C@@H](O)c1ccc([N+](=O)[O-])cc1. The van der Waals surface area contributed by atoms with E-state index in [-0.39, 0.29) is 30.5 Å². The van der Waals surface area contributed by atoms with Crippen LogP contribution in [0.4, 0.5) is 11.4 Å². The molecule has 0 aliphatic carbocycles. The van der Waals surface area contributed by atoms with E-state index in [1.165, 1.54) is 36.0 Å². The molecule has 0 bridgehead atoms. The molecule has 1 aliphatic heterocycles. The van der Waals surface area contributed by atoms with Crippen LogP contribution in [0.5, 0.6) is 0 Å². The molecule has 9 heteroatoms. The Morgan fingerprint density at radius 3 is 2.67 bits per heavy atom. The lowest BCUT2D eigenvalue weighted by atomic mass is 10.1. The normalized spacial score (nSPS) is 16.8. The topological polar surface area (TPSA) is 122 Å². The van der Waals surface area contributed by atoms with Gasteiger partial charge in [-0.15, -0.1) is 11.8 Å². The van der Waals surface area contributed by atoms with Gasteiger partial charge >= 0.3 is 0 Å². The highest BCUT2D eigenvalue weighted by molar-refractivity contribution is 8.01. The fourth-order valence-corrected chi connectivity index (χ4v) is 3.72. The number of carbonyl (C=O) groups excluding carboxylic acids is 2. The van der Waals surface area contributed by atoms with Crippen LogP contribution in [0.2, 0.25) is 0 Å². The third-order valence-corrected chi connectivity index (χ3v) is 5.33. The van der Waals surface area contributed by atoms with E-state index in [4.69, 9.17) is 0 Å². The molecule has 0 radical (unpaired) electrons. The van der Waals surface area contributed by atoms with Crippen molar-refractivity contribution < 1.29 is 19.6 Å². The van der Waals surface area contributed by atoms with E-state index in [1.807, 2.05) is 18.2 Å². The fourth-order valence-electron chi connectivity index (χ4n) is 2.61. The van der Waals surface area contributed by atoms with Crippen molar-refractivity contribution in [3.63, 3.8) is 0 Å². The summed E-state index contributed by atoms with van der Waals surface area (Å²) in [6.45, 7) is -0.0494. The number of carbonyl (C=O) groups is 2. The average Bonchev–Trinajstić information content (AvgIpc) is 2.66. The summed E-state index contributed by atoms with van der Waals surface area (Å²) in [5.41, 5.74) is 1.12. The molecule has 1 heterocycles. The Balaban J connectivity index is 1.52. The Morgan fingerprint density at radius 1 is 1.26 bits per heavy atom. The van der Waals surface area contributed by atoms with Crippen LogP contribution in [0.15, 0.2) is 53.4 Å². The Kier molecular flexibility index (Phi) is 5.72. The van der Waals surface area contributed by atoms with Gasteiger partial charge < -0.3 is 15.7 Å². The zero-order valence-electron chi connectivity index (χ0n) is 14.1. The average molecular weight is 387 g/mol. The fraction of sp³-hybridized carbons (Fsp3) is 0.222. The number of hydrogen-bond acceptors (Lipinski definition) is 6. The number of benzene rings is 2. The lowest BCUT2D eigenvalue weighted by molar-refractivity contribution is -0.384. The summed E-state index contributed by atoms with van der Waals surface area (Å²) < 4.78 is 0. The largest absolute Gasteiger partial charge is 0.387 e. The van der Waals surface area contributed by atoms with Gasteiger partial charge in [0.15, 0.2) is 0 Å². The van der Waals surface area contributed by atoms with E-state index in [9.17, 15) is 24.8 Å². The number of anilines is 1. The number of fused-ring (bicyclic) bond motifs is 1. The number of nitrogens with zero attached hydrogens (tertiary/aromatic N) is 1. The van der Waals surface area contributed by atoms with Crippen LogP contribution in [-0.2, 0) is 9.59 Å². The molecule has 0 aromatic heterocycles. The molecule has 2 atom stereocenters. The minimum Gasteiger partial charge on any atom is -0.387 e. The first-order chi connectivity index (χ1) is 12.9. The zero-order chi connectivity index (χ0) is 19.4. The van der Waals surface area contributed by atoms with Gasteiger partial charge in [0.25, 0.3) is 5.69 Å². The van der Waals surface area contributed by atoms with Crippen molar-refractivity contribution in [3.8, 4) is 0 Å². The summed E-state index contributed by atoms with van der Waals surface area (Å²) >= 11 is 1.33. The summed E-state index contributed by atoms with van der Waals surface area (Å²) in [6, 6.07) is 12.8. The molecule has 2 aromatic rings. The Morgan fingerprint density at radius 2 is 1.96 bits per heavy atom. The van der Waals surface area contributed by atoms with Gasteiger partial charge in [-0.25, -0.2) is 0 Å². The maximum Gasteiger partial charge on any atom is 0.269 e. The molecule has 0 saturated heterocycles. The summed E-state index contributed by atoms with van der Waals surface area (Å²) in [5.74, 6) is -0.590. The second-order valence-corrected chi connectivity index (χ2v) is 7.21. The highest BCUT2D eigenvalue weighted by Crippen LogP contribution is 2.36. The Bertz CT molecular complexity index is 872. The standard InChI is InChI=1S/C18H17N3O5S/c22-14(11-5-7-12(8-6-11)21(25)26)10-19-17(23)9-16-18(24)20-13-3-1-2-4-15(13)27-16/h1-8,14,16,22H,9-10H2,(H,19,23)(H,20,24)/t14-,16+/m1/s1. The van der Waals surface area contributed by atoms with Crippen LogP contribution in [0.1, 0.15) is 18.1 Å². The molecule has 0 unspecified atom stereocenters. The van der Waals surface area contributed by atoms with Crippen molar-refractivity contribution in [1.82, 2.24) is 5.32 Å². The lowest BCUT2D eigenvalue weighted by Crippen LogP contribution is -2.36. The van der Waals surface area contributed by atoms with Gasteiger partial charge in [0.1, 0.15) is 0 Å². The molecule has 2 aromatic carbocycles. The predicted octanol–water partition coefficient (Wildman–Crippen LogP) is 2.25. The molecule has 1 aliphatic rings. The zero-order valence-corrected chi connectivity index (χ0v) is 14.9. The van der Waals surface area contributed by atoms with E-state index in [2.05, 4.69) is 10.6 Å². The quantitative estimate of drug-likeness (QED) is 0.516. The van der Waals surface area contributed by atoms with Crippen LogP contribution >= 0.6 is 11.8 Å². The summed E-state index contributed by atoms with van der Waals surface area (Å²) in [6.07, 6.45) is -1.01. The number of nitrogens with one attached hydrogen (secondary N) is 2. The first-order valence-corrected chi connectivity index (χ1v) is 9.07. The van der Waals surface area contributed by atoms with Crippen molar-refractivity contribution in [2.24, 2.45) is 0 Å². The number of amides is 2. The van der Waals surface area contributed by atoms with Crippen LogP contribution in [0.3, 0.4) is 0 Å². The van der Waals surface area contributed by atoms with Crippen LogP contribution in [-0.4, -0.2) is 33.6 Å². The molecule has 3 N–H and O–H groups in total. The minimum absolute atomic E-state index is 0.0161.